The minimum absolute atomic E-state index is 0.504. The normalized spacial score (nSPS) is 13.1. The molecule has 2 heterocycles. The van der Waals surface area contributed by atoms with Gasteiger partial charge in [0, 0.05) is 11.3 Å². The van der Waals surface area contributed by atoms with Gasteiger partial charge in [0.15, 0.2) is 0 Å². The summed E-state index contributed by atoms with van der Waals surface area (Å²) in [6.45, 7) is 2.45. The van der Waals surface area contributed by atoms with Gasteiger partial charge in [-0.15, -0.1) is 11.8 Å². The number of rotatable bonds is 3. The molecule has 0 atom stereocenters. The molecule has 0 bridgehead atoms. The Labute approximate surface area is 144 Å². The number of fused-ring (bicyclic) bond motifs is 1. The van der Waals surface area contributed by atoms with Crippen molar-refractivity contribution in [2.24, 2.45) is 4.99 Å². The Morgan fingerprint density at radius 3 is 2.71 bits per heavy atom. The van der Waals surface area contributed by atoms with Crippen molar-refractivity contribution in [3.63, 3.8) is 0 Å². The van der Waals surface area contributed by atoms with Gasteiger partial charge in [-0.1, -0.05) is 30.3 Å². The maximum absolute atomic E-state index is 5.80. The van der Waals surface area contributed by atoms with Gasteiger partial charge in [-0.2, -0.15) is 0 Å². The molecule has 0 N–H and O–H groups in total. The molecule has 0 radical (unpaired) electrons. The highest BCUT2D eigenvalue weighted by Gasteiger charge is 2.16. The van der Waals surface area contributed by atoms with Crippen molar-refractivity contribution in [3.8, 4) is 17.2 Å². The number of aromatic nitrogens is 1. The summed E-state index contributed by atoms with van der Waals surface area (Å²) >= 11 is 1.64. The van der Waals surface area contributed by atoms with Gasteiger partial charge in [-0.25, -0.2) is 9.98 Å². The van der Waals surface area contributed by atoms with Crippen LogP contribution in [-0.2, 0) is 5.75 Å². The lowest BCUT2D eigenvalue weighted by Gasteiger charge is -2.15. The Hall–Kier alpha value is -2.53. The van der Waals surface area contributed by atoms with E-state index in [-0.39, 0.29) is 0 Å². The monoisotopic (exact) mass is 336 g/mol. The van der Waals surface area contributed by atoms with E-state index in [0.29, 0.717) is 18.3 Å². The summed E-state index contributed by atoms with van der Waals surface area (Å²) < 4.78 is 11.5. The SMILES string of the molecule is Cc1oc(-c2ccccc2)nc1CSC1=Nc2ccccc2OC1. The molecular formula is C19H16N2O2S. The minimum Gasteiger partial charge on any atom is -0.484 e. The predicted octanol–water partition coefficient (Wildman–Crippen LogP) is 5.01. The second-order valence-electron chi connectivity index (χ2n) is 5.44. The van der Waals surface area contributed by atoms with E-state index in [1.807, 2.05) is 61.5 Å². The van der Waals surface area contributed by atoms with Crippen molar-refractivity contribution >= 4 is 22.5 Å². The molecule has 4 rings (SSSR count). The first kappa shape index (κ1) is 15.0. The number of hydrogen-bond donors (Lipinski definition) is 0. The molecule has 1 aliphatic heterocycles. The first-order chi connectivity index (χ1) is 11.8. The molecule has 24 heavy (non-hydrogen) atoms. The molecule has 4 nitrogen and oxygen atoms in total. The summed E-state index contributed by atoms with van der Waals surface area (Å²) in [4.78, 5) is 9.28. The Morgan fingerprint density at radius 2 is 1.83 bits per heavy atom. The standard InChI is InChI=1S/C19H16N2O2S/c1-13-16(21-19(23-13)14-7-3-2-4-8-14)12-24-18-11-22-17-10-6-5-9-15(17)20-18/h2-10H,11-12H2,1H3. The molecule has 3 aromatic rings. The van der Waals surface area contributed by atoms with Crippen LogP contribution in [0.15, 0.2) is 64.0 Å². The maximum Gasteiger partial charge on any atom is 0.226 e. The van der Waals surface area contributed by atoms with Crippen molar-refractivity contribution in [2.75, 3.05) is 6.61 Å². The number of aryl methyl sites for hydroxylation is 1. The minimum atomic E-state index is 0.504. The van der Waals surface area contributed by atoms with Gasteiger partial charge in [-0.05, 0) is 31.2 Å². The lowest BCUT2D eigenvalue weighted by atomic mass is 10.2. The number of aliphatic imine (C=N–C) groups is 1. The van der Waals surface area contributed by atoms with E-state index >= 15 is 0 Å². The molecule has 1 aromatic heterocycles. The number of benzene rings is 2. The van der Waals surface area contributed by atoms with Crippen molar-refractivity contribution < 1.29 is 9.15 Å². The molecule has 0 fully saturated rings. The van der Waals surface area contributed by atoms with Crippen LogP contribution >= 0.6 is 11.8 Å². The Kier molecular flexibility index (Phi) is 4.09. The molecule has 5 heteroatoms. The molecule has 0 aliphatic carbocycles. The number of nitrogens with zero attached hydrogens (tertiary/aromatic N) is 2. The van der Waals surface area contributed by atoms with Crippen LogP contribution in [0, 0.1) is 6.92 Å². The van der Waals surface area contributed by atoms with Crippen LogP contribution in [0.4, 0.5) is 5.69 Å². The zero-order valence-corrected chi connectivity index (χ0v) is 14.0. The molecular weight excluding hydrogens is 320 g/mol. The highest BCUT2D eigenvalue weighted by Crippen LogP contribution is 2.33. The van der Waals surface area contributed by atoms with Crippen LogP contribution in [0.25, 0.3) is 11.5 Å². The number of hydrogen-bond acceptors (Lipinski definition) is 5. The van der Waals surface area contributed by atoms with Gasteiger partial charge in [-0.3, -0.25) is 0 Å². The summed E-state index contributed by atoms with van der Waals surface area (Å²) in [5.41, 5.74) is 2.82. The summed E-state index contributed by atoms with van der Waals surface area (Å²) in [5, 5.41) is 0.956. The highest BCUT2D eigenvalue weighted by molar-refractivity contribution is 8.13. The Morgan fingerprint density at radius 1 is 1.04 bits per heavy atom. The fraction of sp³-hybridized carbons (Fsp3) is 0.158. The molecule has 0 saturated heterocycles. The van der Waals surface area contributed by atoms with E-state index in [4.69, 9.17) is 9.15 Å². The fourth-order valence-corrected chi connectivity index (χ4v) is 3.35. The first-order valence-corrected chi connectivity index (χ1v) is 8.72. The Balaban J connectivity index is 1.49. The Bertz CT molecular complexity index is 887. The molecule has 0 amide bonds. The van der Waals surface area contributed by atoms with Crippen LogP contribution in [0.3, 0.4) is 0 Å². The van der Waals surface area contributed by atoms with Crippen LogP contribution in [0.5, 0.6) is 5.75 Å². The van der Waals surface area contributed by atoms with Crippen LogP contribution in [-0.4, -0.2) is 16.6 Å². The van der Waals surface area contributed by atoms with Crippen molar-refractivity contribution in [1.29, 1.82) is 0 Å². The average Bonchev–Trinajstić information content (AvgIpc) is 3.01. The summed E-state index contributed by atoms with van der Waals surface area (Å²) in [7, 11) is 0. The van der Waals surface area contributed by atoms with E-state index in [0.717, 1.165) is 33.5 Å². The van der Waals surface area contributed by atoms with E-state index in [9.17, 15) is 0 Å². The van der Waals surface area contributed by atoms with E-state index in [2.05, 4.69) is 9.98 Å². The van der Waals surface area contributed by atoms with Gasteiger partial charge in [0.05, 0.1) is 5.69 Å². The molecule has 0 unspecified atom stereocenters. The fourth-order valence-electron chi connectivity index (χ4n) is 2.47. The largest absolute Gasteiger partial charge is 0.484 e. The van der Waals surface area contributed by atoms with E-state index in [1.165, 1.54) is 0 Å². The molecule has 2 aromatic carbocycles. The number of para-hydroxylation sites is 2. The molecule has 1 aliphatic rings. The first-order valence-electron chi connectivity index (χ1n) is 7.73. The van der Waals surface area contributed by atoms with Crippen molar-refractivity contribution in [1.82, 2.24) is 4.98 Å². The quantitative estimate of drug-likeness (QED) is 0.675. The maximum atomic E-state index is 5.80. The number of ether oxygens (including phenoxy) is 1. The van der Waals surface area contributed by atoms with Gasteiger partial charge >= 0.3 is 0 Å². The van der Waals surface area contributed by atoms with Crippen molar-refractivity contribution in [3.05, 3.63) is 66.1 Å². The lowest BCUT2D eigenvalue weighted by molar-refractivity contribution is 0.375. The van der Waals surface area contributed by atoms with Gasteiger partial charge in [0.1, 0.15) is 28.8 Å². The third-order valence-corrected chi connectivity index (χ3v) is 4.71. The second-order valence-corrected chi connectivity index (χ2v) is 6.49. The van der Waals surface area contributed by atoms with E-state index in [1.54, 1.807) is 11.8 Å². The predicted molar refractivity (Wildman–Crippen MR) is 97.0 cm³/mol. The molecule has 0 saturated carbocycles. The number of thioether (sulfide) groups is 1. The zero-order chi connectivity index (χ0) is 16.4. The van der Waals surface area contributed by atoms with Crippen LogP contribution < -0.4 is 4.74 Å². The lowest BCUT2D eigenvalue weighted by Crippen LogP contribution is -2.12. The topological polar surface area (TPSA) is 47.6 Å². The summed E-state index contributed by atoms with van der Waals surface area (Å²) in [6, 6.07) is 17.8. The van der Waals surface area contributed by atoms with Crippen LogP contribution in [0.2, 0.25) is 0 Å². The molecule has 0 spiro atoms. The smallest absolute Gasteiger partial charge is 0.226 e. The summed E-state index contributed by atoms with van der Waals surface area (Å²) in [6.07, 6.45) is 0. The van der Waals surface area contributed by atoms with Gasteiger partial charge in [0.2, 0.25) is 5.89 Å². The summed E-state index contributed by atoms with van der Waals surface area (Å²) in [5.74, 6) is 3.06. The molecule has 120 valence electrons. The second kappa shape index (κ2) is 6.53. The zero-order valence-electron chi connectivity index (χ0n) is 13.2. The van der Waals surface area contributed by atoms with E-state index < -0.39 is 0 Å². The van der Waals surface area contributed by atoms with Crippen LogP contribution in [0.1, 0.15) is 11.5 Å². The average molecular weight is 336 g/mol. The third kappa shape index (κ3) is 3.08. The van der Waals surface area contributed by atoms with Crippen molar-refractivity contribution in [2.45, 2.75) is 12.7 Å². The third-order valence-electron chi connectivity index (χ3n) is 3.75. The van der Waals surface area contributed by atoms with Gasteiger partial charge in [0.25, 0.3) is 0 Å². The number of oxazole rings is 1. The van der Waals surface area contributed by atoms with Gasteiger partial charge < -0.3 is 9.15 Å². The highest BCUT2D eigenvalue weighted by atomic mass is 32.2.